The second-order valence-corrected chi connectivity index (χ2v) is 7.95. The minimum atomic E-state index is 0.166. The van der Waals surface area contributed by atoms with E-state index < -0.39 is 0 Å². The summed E-state index contributed by atoms with van der Waals surface area (Å²) in [5.41, 5.74) is 1.73. The van der Waals surface area contributed by atoms with Gasteiger partial charge in [0, 0.05) is 45.6 Å². The van der Waals surface area contributed by atoms with Gasteiger partial charge in [-0.1, -0.05) is 23.9 Å². The normalized spacial score (nSPS) is 15.7. The molecule has 0 N–H and O–H groups in total. The average molecular weight is 397 g/mol. The van der Waals surface area contributed by atoms with E-state index in [0.29, 0.717) is 5.75 Å². The van der Waals surface area contributed by atoms with Crippen LogP contribution in [0.15, 0.2) is 47.9 Å². The topological polar surface area (TPSA) is 67.2 Å². The monoisotopic (exact) mass is 396 g/mol. The van der Waals surface area contributed by atoms with Gasteiger partial charge in [0.05, 0.1) is 29.5 Å². The van der Waals surface area contributed by atoms with Crippen LogP contribution in [0.1, 0.15) is 12.2 Å². The lowest BCUT2D eigenvalue weighted by atomic mass is 10.3. The van der Waals surface area contributed by atoms with Crippen molar-refractivity contribution in [3.8, 4) is 0 Å². The first-order valence-electron chi connectivity index (χ1n) is 9.50. The number of carbonyl (C=O) groups excluding carboxylic acids is 1. The van der Waals surface area contributed by atoms with Gasteiger partial charge < -0.3 is 9.47 Å². The van der Waals surface area contributed by atoms with E-state index in [1.165, 1.54) is 11.8 Å². The number of amides is 1. The molecule has 7 nitrogen and oxygen atoms in total. The summed E-state index contributed by atoms with van der Waals surface area (Å²) in [6.45, 7) is 4.25. The highest BCUT2D eigenvalue weighted by Gasteiger charge is 2.20. The zero-order chi connectivity index (χ0) is 19.3. The number of rotatable bonds is 5. The van der Waals surface area contributed by atoms with Crippen LogP contribution in [0.2, 0.25) is 0 Å². The summed E-state index contributed by atoms with van der Waals surface area (Å²) in [5, 5.41) is 0.790. The average Bonchev–Trinajstić information content (AvgIpc) is 2.98. The van der Waals surface area contributed by atoms with Crippen LogP contribution in [-0.4, -0.2) is 67.2 Å². The molecule has 0 bridgehead atoms. The molecule has 8 heteroatoms. The van der Waals surface area contributed by atoms with Crippen molar-refractivity contribution in [2.24, 2.45) is 7.05 Å². The predicted molar refractivity (Wildman–Crippen MR) is 110 cm³/mol. The zero-order valence-electron chi connectivity index (χ0n) is 16.0. The van der Waals surface area contributed by atoms with Crippen LogP contribution in [0.25, 0.3) is 11.0 Å². The Kier molecular flexibility index (Phi) is 5.87. The molecule has 3 aromatic rings. The molecule has 1 aromatic carbocycles. The number of hydrogen-bond acceptors (Lipinski definition) is 6. The molecular formula is C20H24N6OS. The Morgan fingerprint density at radius 1 is 1.11 bits per heavy atom. The van der Waals surface area contributed by atoms with Gasteiger partial charge in [-0.2, -0.15) is 0 Å². The summed E-state index contributed by atoms with van der Waals surface area (Å²) >= 11 is 1.46. The number of benzene rings is 1. The highest BCUT2D eigenvalue weighted by molar-refractivity contribution is 7.99. The van der Waals surface area contributed by atoms with Gasteiger partial charge >= 0.3 is 0 Å². The number of imidazole rings is 1. The highest BCUT2D eigenvalue weighted by atomic mass is 32.2. The number of aryl methyl sites for hydroxylation is 1. The third kappa shape index (κ3) is 4.51. The Bertz CT molecular complexity index is 959. The molecule has 28 heavy (non-hydrogen) atoms. The van der Waals surface area contributed by atoms with Crippen molar-refractivity contribution in [3.63, 3.8) is 0 Å². The van der Waals surface area contributed by atoms with E-state index >= 15 is 0 Å². The fraction of sp³-hybridized carbons (Fsp3) is 0.400. The molecule has 0 aliphatic carbocycles. The van der Waals surface area contributed by atoms with Crippen molar-refractivity contribution in [2.75, 3.05) is 31.9 Å². The number of nitrogens with zero attached hydrogens (tertiary/aromatic N) is 6. The Morgan fingerprint density at radius 2 is 1.96 bits per heavy atom. The third-order valence-electron chi connectivity index (χ3n) is 5.00. The minimum Gasteiger partial charge on any atom is -0.341 e. The first kappa shape index (κ1) is 18.9. The largest absolute Gasteiger partial charge is 0.341 e. The van der Waals surface area contributed by atoms with Gasteiger partial charge in [0.2, 0.25) is 5.91 Å². The van der Waals surface area contributed by atoms with Crippen molar-refractivity contribution >= 4 is 28.7 Å². The molecule has 0 atom stereocenters. The Morgan fingerprint density at radius 3 is 2.79 bits per heavy atom. The molecule has 1 aliphatic rings. The van der Waals surface area contributed by atoms with Crippen LogP contribution in [-0.2, 0) is 18.4 Å². The quantitative estimate of drug-likeness (QED) is 0.616. The van der Waals surface area contributed by atoms with Crippen LogP contribution in [0.4, 0.5) is 0 Å². The molecule has 3 heterocycles. The lowest BCUT2D eigenvalue weighted by Crippen LogP contribution is -2.36. The molecule has 0 radical (unpaired) electrons. The number of fused-ring (bicyclic) bond motifs is 1. The van der Waals surface area contributed by atoms with Gasteiger partial charge in [-0.25, -0.2) is 9.97 Å². The zero-order valence-corrected chi connectivity index (χ0v) is 16.8. The van der Waals surface area contributed by atoms with E-state index in [9.17, 15) is 4.79 Å². The molecule has 2 aromatic heterocycles. The summed E-state index contributed by atoms with van der Waals surface area (Å²) in [4.78, 5) is 30.4. The summed E-state index contributed by atoms with van der Waals surface area (Å²) in [6, 6.07) is 7.78. The third-order valence-corrected chi connectivity index (χ3v) is 5.88. The van der Waals surface area contributed by atoms with E-state index in [0.717, 1.165) is 61.0 Å². The Balaban J connectivity index is 1.30. The van der Waals surface area contributed by atoms with Gasteiger partial charge in [0.15, 0.2) is 0 Å². The second-order valence-electron chi connectivity index (χ2n) is 6.95. The number of thioether (sulfide) groups is 1. The summed E-state index contributed by atoms with van der Waals surface area (Å²) in [7, 11) is 2.02. The molecule has 1 fully saturated rings. The fourth-order valence-electron chi connectivity index (χ4n) is 3.36. The van der Waals surface area contributed by atoms with Gasteiger partial charge in [-0.15, -0.1) is 0 Å². The van der Waals surface area contributed by atoms with E-state index in [-0.39, 0.29) is 5.91 Å². The number of aromatic nitrogens is 4. The molecule has 1 saturated heterocycles. The van der Waals surface area contributed by atoms with Gasteiger partial charge in [-0.3, -0.25) is 14.7 Å². The minimum absolute atomic E-state index is 0.166. The van der Waals surface area contributed by atoms with Crippen molar-refractivity contribution in [1.82, 2.24) is 29.3 Å². The number of hydrogen-bond donors (Lipinski definition) is 0. The van der Waals surface area contributed by atoms with Gasteiger partial charge in [-0.05, 0) is 18.6 Å². The van der Waals surface area contributed by atoms with E-state index in [2.05, 4.69) is 24.4 Å². The van der Waals surface area contributed by atoms with E-state index in [1.807, 2.05) is 48.6 Å². The lowest BCUT2D eigenvalue weighted by molar-refractivity contribution is -0.128. The van der Waals surface area contributed by atoms with Gasteiger partial charge in [0.25, 0.3) is 0 Å². The summed E-state index contributed by atoms with van der Waals surface area (Å²) in [6.07, 6.45) is 6.53. The second kappa shape index (κ2) is 8.70. The molecule has 146 valence electrons. The molecule has 0 saturated carbocycles. The maximum atomic E-state index is 12.7. The molecule has 1 amide bonds. The first-order valence-corrected chi connectivity index (χ1v) is 10.5. The maximum Gasteiger partial charge on any atom is 0.233 e. The Hall–Kier alpha value is -2.45. The lowest BCUT2D eigenvalue weighted by Gasteiger charge is -2.21. The smallest absolute Gasteiger partial charge is 0.233 e. The highest BCUT2D eigenvalue weighted by Crippen LogP contribution is 2.19. The van der Waals surface area contributed by atoms with Crippen LogP contribution in [0.5, 0.6) is 0 Å². The molecular weight excluding hydrogens is 372 g/mol. The molecule has 1 aliphatic heterocycles. The van der Waals surface area contributed by atoms with Crippen molar-refractivity contribution in [1.29, 1.82) is 0 Å². The summed E-state index contributed by atoms with van der Waals surface area (Å²) in [5.74, 6) is 1.62. The van der Waals surface area contributed by atoms with Crippen molar-refractivity contribution < 1.29 is 4.79 Å². The molecule has 0 spiro atoms. The summed E-state index contributed by atoms with van der Waals surface area (Å²) < 4.78 is 2.05. The Labute approximate surface area is 168 Å². The maximum absolute atomic E-state index is 12.7. The molecule has 0 unspecified atom stereocenters. The van der Waals surface area contributed by atoms with Crippen LogP contribution in [0.3, 0.4) is 0 Å². The standard InChI is InChI=1S/C20H24N6OS/c1-24-10-7-21-18(24)14-25-8-4-9-26(12-11-25)20(27)15-28-19-13-22-16-5-2-3-6-17(16)23-19/h2-3,5-7,10,13H,4,8-9,11-12,14-15H2,1H3. The van der Waals surface area contributed by atoms with E-state index in [1.54, 1.807) is 6.20 Å². The molecule has 4 rings (SSSR count). The van der Waals surface area contributed by atoms with E-state index in [4.69, 9.17) is 0 Å². The number of para-hydroxylation sites is 2. The van der Waals surface area contributed by atoms with Crippen LogP contribution in [0, 0.1) is 0 Å². The van der Waals surface area contributed by atoms with Gasteiger partial charge in [0.1, 0.15) is 10.9 Å². The van der Waals surface area contributed by atoms with Crippen molar-refractivity contribution in [2.45, 2.75) is 18.0 Å². The fourth-order valence-corrected chi connectivity index (χ4v) is 4.11. The van der Waals surface area contributed by atoms with Crippen molar-refractivity contribution in [3.05, 3.63) is 48.7 Å². The first-order chi connectivity index (χ1) is 13.7. The SMILES string of the molecule is Cn1ccnc1CN1CCCN(C(=O)CSc2cnc3ccccc3n2)CC1. The predicted octanol–water partition coefficient (Wildman–Crippen LogP) is 2.19. The van der Waals surface area contributed by atoms with Crippen LogP contribution >= 0.6 is 11.8 Å². The number of carbonyl (C=O) groups is 1. The van der Waals surface area contributed by atoms with Crippen LogP contribution < -0.4 is 0 Å².